The van der Waals surface area contributed by atoms with E-state index >= 15 is 8.78 Å². The summed E-state index contributed by atoms with van der Waals surface area (Å²) < 4.78 is 59.9. The van der Waals surface area contributed by atoms with Gasteiger partial charge in [-0.1, -0.05) is 12.1 Å². The molecule has 0 aliphatic carbocycles. The number of nitrogens with two attached hydrogens (primary N) is 1. The molecule has 4 heterocycles. The summed E-state index contributed by atoms with van der Waals surface area (Å²) >= 11 is 0. The van der Waals surface area contributed by atoms with Crippen LogP contribution in [0.15, 0.2) is 67.6 Å². The Hall–Kier alpha value is -5.27. The van der Waals surface area contributed by atoms with Crippen LogP contribution in [0.25, 0.3) is 27.7 Å². The lowest BCUT2D eigenvalue weighted by atomic mass is 10.1. The second-order valence-corrected chi connectivity index (χ2v) is 9.02. The molecule has 4 aromatic heterocycles. The molecule has 0 unspecified atom stereocenters. The molecule has 0 atom stereocenters. The molecular formula is C26H19F4N9O. The molecule has 2 N–H and O–H groups in total. The topological polar surface area (TPSA) is 112 Å². The molecule has 6 aromatic rings. The summed E-state index contributed by atoms with van der Waals surface area (Å²) in [6.45, 7) is -3.10. The van der Waals surface area contributed by atoms with Gasteiger partial charge in [0.15, 0.2) is 0 Å². The van der Waals surface area contributed by atoms with Crippen molar-refractivity contribution in [2.24, 2.45) is 7.05 Å². The number of amides is 1. The Kier molecular flexibility index (Phi) is 5.93. The van der Waals surface area contributed by atoms with E-state index in [1.807, 2.05) is 0 Å². The number of nitrogens with zero attached hydrogens (tertiary/aromatic N) is 8. The summed E-state index contributed by atoms with van der Waals surface area (Å²) in [4.78, 5) is 23.3. The molecule has 14 heteroatoms. The molecule has 0 aliphatic rings. The van der Waals surface area contributed by atoms with Crippen LogP contribution in [-0.2, 0) is 13.6 Å². The zero-order valence-electron chi connectivity index (χ0n) is 20.7. The van der Waals surface area contributed by atoms with Gasteiger partial charge in [-0.15, -0.1) is 0 Å². The number of nitrogen functional groups attached to an aromatic ring is 1. The maximum Gasteiger partial charge on any atom is 0.333 e. The minimum Gasteiger partial charge on any atom is -0.382 e. The molecule has 40 heavy (non-hydrogen) atoms. The Balaban J connectivity index is 1.39. The molecule has 0 saturated carbocycles. The van der Waals surface area contributed by atoms with Crippen LogP contribution in [0.2, 0.25) is 0 Å². The molecule has 0 spiro atoms. The smallest absolute Gasteiger partial charge is 0.333 e. The number of carbonyl (C=O) groups excluding carboxylic acids is 1. The third-order valence-corrected chi connectivity index (χ3v) is 6.46. The number of aryl methyl sites for hydroxylation is 1. The normalized spacial score (nSPS) is 11.7. The Morgan fingerprint density at radius 2 is 1.82 bits per heavy atom. The molecule has 1 amide bonds. The van der Waals surface area contributed by atoms with Crippen molar-refractivity contribution in [1.82, 2.24) is 33.9 Å². The van der Waals surface area contributed by atoms with E-state index in [4.69, 9.17) is 5.73 Å². The fourth-order valence-electron chi connectivity index (χ4n) is 4.45. The average molecular weight is 549 g/mol. The highest BCUT2D eigenvalue weighted by Crippen LogP contribution is 2.28. The number of benzene rings is 2. The van der Waals surface area contributed by atoms with Gasteiger partial charge in [0.1, 0.15) is 23.0 Å². The maximum atomic E-state index is 15.3. The van der Waals surface area contributed by atoms with Crippen molar-refractivity contribution < 1.29 is 22.4 Å². The van der Waals surface area contributed by atoms with Crippen LogP contribution in [-0.4, -0.2) is 39.8 Å². The van der Waals surface area contributed by atoms with Crippen LogP contribution in [0.3, 0.4) is 0 Å². The van der Waals surface area contributed by atoms with Crippen molar-refractivity contribution in [3.8, 4) is 11.1 Å². The quantitative estimate of drug-likeness (QED) is 0.305. The zero-order valence-corrected chi connectivity index (χ0v) is 20.7. The van der Waals surface area contributed by atoms with Crippen molar-refractivity contribution in [1.29, 1.82) is 0 Å². The van der Waals surface area contributed by atoms with Crippen molar-refractivity contribution >= 4 is 34.0 Å². The first kappa shape index (κ1) is 25.0. The monoisotopic (exact) mass is 549 g/mol. The standard InChI is InChI=1S/C26H19F4N9O/c1-36-12-17(8-33-36)37(10-15-3-2-14(4-19(15)27)16-7-34-39(11-16)26(29)30)25(40)18-5-22-21(6-20(18)28)35-24(31)23-9-32-13-38(22)23/h2-9,11-13,26H,10H2,1H3,(H2,31,35). The SMILES string of the molecule is Cn1cc(N(Cc2ccc(-c3cnn(C(F)F)c3)cc2F)C(=O)c2cc3c(cc2F)nc(N)c2cncn23)cn1. The van der Waals surface area contributed by atoms with E-state index in [0.717, 1.165) is 18.3 Å². The number of anilines is 2. The third-order valence-electron chi connectivity index (χ3n) is 6.46. The number of fused-ring (bicyclic) bond motifs is 3. The molecule has 0 saturated heterocycles. The van der Waals surface area contributed by atoms with Crippen molar-refractivity contribution in [2.75, 3.05) is 10.6 Å². The lowest BCUT2D eigenvalue weighted by Gasteiger charge is -2.22. The van der Waals surface area contributed by atoms with Gasteiger partial charge in [-0.3, -0.25) is 13.9 Å². The first-order valence-corrected chi connectivity index (χ1v) is 11.8. The van der Waals surface area contributed by atoms with E-state index in [-0.39, 0.29) is 29.0 Å². The van der Waals surface area contributed by atoms with Gasteiger partial charge in [0.05, 0.1) is 53.7 Å². The Bertz CT molecular complexity index is 1910. The summed E-state index contributed by atoms with van der Waals surface area (Å²) in [5.41, 5.74) is 7.81. The summed E-state index contributed by atoms with van der Waals surface area (Å²) in [5, 5.41) is 7.66. The summed E-state index contributed by atoms with van der Waals surface area (Å²) in [7, 11) is 1.64. The van der Waals surface area contributed by atoms with Crippen molar-refractivity contribution in [3.05, 3.63) is 90.4 Å². The number of hydrogen-bond acceptors (Lipinski definition) is 6. The summed E-state index contributed by atoms with van der Waals surface area (Å²) in [6.07, 6.45) is 8.22. The number of halogens is 4. The molecule has 6 rings (SSSR count). The highest BCUT2D eigenvalue weighted by atomic mass is 19.3. The Morgan fingerprint density at radius 3 is 2.52 bits per heavy atom. The van der Waals surface area contributed by atoms with Gasteiger partial charge in [0.25, 0.3) is 5.91 Å². The highest BCUT2D eigenvalue weighted by Gasteiger charge is 2.25. The molecule has 0 aliphatic heterocycles. The van der Waals surface area contributed by atoms with Gasteiger partial charge in [0, 0.05) is 36.6 Å². The van der Waals surface area contributed by atoms with Crippen LogP contribution < -0.4 is 10.6 Å². The van der Waals surface area contributed by atoms with Gasteiger partial charge in [0.2, 0.25) is 0 Å². The summed E-state index contributed by atoms with van der Waals surface area (Å²) in [6, 6.07) is 6.57. The minimum absolute atomic E-state index is 0.106. The Morgan fingerprint density at radius 1 is 1.00 bits per heavy atom. The first-order valence-electron chi connectivity index (χ1n) is 11.8. The number of aromatic nitrogens is 7. The van der Waals surface area contributed by atoms with E-state index in [9.17, 15) is 13.6 Å². The second-order valence-electron chi connectivity index (χ2n) is 9.02. The van der Waals surface area contributed by atoms with Crippen LogP contribution in [0.4, 0.5) is 29.1 Å². The fourth-order valence-corrected chi connectivity index (χ4v) is 4.45. The van der Waals surface area contributed by atoms with Gasteiger partial charge in [-0.25, -0.2) is 23.4 Å². The largest absolute Gasteiger partial charge is 0.382 e. The number of alkyl halides is 2. The maximum absolute atomic E-state index is 15.3. The van der Waals surface area contributed by atoms with Crippen molar-refractivity contribution in [3.63, 3.8) is 0 Å². The third kappa shape index (κ3) is 4.28. The van der Waals surface area contributed by atoms with E-state index in [0.29, 0.717) is 32.5 Å². The van der Waals surface area contributed by atoms with E-state index in [1.54, 1.807) is 11.4 Å². The van der Waals surface area contributed by atoms with Gasteiger partial charge in [-0.2, -0.15) is 19.0 Å². The molecule has 2 aromatic carbocycles. The van der Waals surface area contributed by atoms with Crippen LogP contribution in [0.1, 0.15) is 22.5 Å². The first-order chi connectivity index (χ1) is 19.2. The van der Waals surface area contributed by atoms with Crippen molar-refractivity contribution in [2.45, 2.75) is 13.1 Å². The molecule has 0 bridgehead atoms. The molecule has 10 nitrogen and oxygen atoms in total. The number of hydrogen-bond donors (Lipinski definition) is 1. The molecule has 202 valence electrons. The molecule has 0 fully saturated rings. The lowest BCUT2D eigenvalue weighted by Crippen LogP contribution is -2.31. The second kappa shape index (κ2) is 9.48. The zero-order chi connectivity index (χ0) is 28.1. The molecule has 0 radical (unpaired) electrons. The van der Waals surface area contributed by atoms with Gasteiger partial charge >= 0.3 is 6.55 Å². The predicted octanol–water partition coefficient (Wildman–Crippen LogP) is 4.58. The number of carbonyl (C=O) groups is 1. The average Bonchev–Trinajstić information content (AvgIpc) is 3.69. The predicted molar refractivity (Wildman–Crippen MR) is 137 cm³/mol. The van der Waals surface area contributed by atoms with E-state index in [2.05, 4.69) is 20.2 Å². The summed E-state index contributed by atoms with van der Waals surface area (Å²) in [5.74, 6) is -2.13. The van der Waals surface area contributed by atoms with E-state index in [1.165, 1.54) is 58.9 Å². The van der Waals surface area contributed by atoms with E-state index < -0.39 is 24.1 Å². The number of imidazole rings is 1. The Labute approximate surface area is 222 Å². The lowest BCUT2D eigenvalue weighted by molar-refractivity contribution is 0.0566. The molecular weight excluding hydrogens is 530 g/mol. The highest BCUT2D eigenvalue weighted by molar-refractivity contribution is 6.08. The van der Waals surface area contributed by atoms with Crippen LogP contribution >= 0.6 is 0 Å². The fraction of sp³-hybridized carbons (Fsp3) is 0.115. The minimum atomic E-state index is -2.83. The van der Waals surface area contributed by atoms with Gasteiger partial charge < -0.3 is 10.6 Å². The van der Waals surface area contributed by atoms with Gasteiger partial charge in [-0.05, 0) is 17.7 Å². The number of rotatable bonds is 6. The van der Waals surface area contributed by atoms with Crippen LogP contribution in [0, 0.1) is 11.6 Å². The van der Waals surface area contributed by atoms with Crippen LogP contribution in [0.5, 0.6) is 0 Å².